The van der Waals surface area contributed by atoms with E-state index >= 15 is 0 Å². The third-order valence-electron chi connectivity index (χ3n) is 2.56. The fraction of sp³-hybridized carbons (Fsp3) is 0.182. The highest BCUT2D eigenvalue weighted by atomic mass is 79.9. The van der Waals surface area contributed by atoms with E-state index in [0.717, 1.165) is 27.8 Å². The number of phenols is 1. The maximum Gasteiger partial charge on any atom is 0.234 e. The predicted octanol–water partition coefficient (Wildman–Crippen LogP) is 2.88. The van der Waals surface area contributed by atoms with Gasteiger partial charge in [0.25, 0.3) is 0 Å². The van der Waals surface area contributed by atoms with E-state index in [1.807, 2.05) is 13.0 Å². The van der Waals surface area contributed by atoms with Crippen LogP contribution in [-0.4, -0.2) is 24.9 Å². The monoisotopic (exact) mass is 324 g/mol. The summed E-state index contributed by atoms with van der Waals surface area (Å²) < 4.78 is 2.42. The molecular weight excluding hydrogens is 316 g/mol. The molecule has 1 aromatic carbocycles. The van der Waals surface area contributed by atoms with E-state index in [0.29, 0.717) is 4.47 Å². The Labute approximate surface area is 115 Å². The Bertz CT molecular complexity index is 721. The Hall–Kier alpha value is -1.47. The van der Waals surface area contributed by atoms with Crippen LogP contribution in [0.15, 0.2) is 22.7 Å². The summed E-state index contributed by atoms with van der Waals surface area (Å²) in [7, 11) is 0. The van der Waals surface area contributed by atoms with Crippen LogP contribution in [-0.2, 0) is 6.42 Å². The normalized spacial score (nSPS) is 11.2. The fourth-order valence-corrected chi connectivity index (χ4v) is 2.74. The maximum atomic E-state index is 9.68. The number of benzene rings is 1. The van der Waals surface area contributed by atoms with Crippen molar-refractivity contribution >= 4 is 32.2 Å². The summed E-state index contributed by atoms with van der Waals surface area (Å²) in [6.45, 7) is 2.01. The minimum atomic E-state index is 0.203. The van der Waals surface area contributed by atoms with E-state index in [4.69, 9.17) is 0 Å². The number of aryl methyl sites for hydroxylation is 1. The second kappa shape index (κ2) is 4.33. The average molecular weight is 325 g/mol. The Morgan fingerprint density at radius 1 is 1.39 bits per heavy atom. The Morgan fingerprint density at radius 2 is 2.22 bits per heavy atom. The topological polar surface area (TPSA) is 63.3 Å². The molecule has 0 spiro atoms. The van der Waals surface area contributed by atoms with Gasteiger partial charge in [-0.05, 0) is 28.1 Å². The van der Waals surface area contributed by atoms with Crippen molar-refractivity contribution in [1.29, 1.82) is 0 Å². The van der Waals surface area contributed by atoms with Crippen LogP contribution in [0.25, 0.3) is 15.5 Å². The minimum Gasteiger partial charge on any atom is -0.507 e. The van der Waals surface area contributed by atoms with Crippen LogP contribution >= 0.6 is 27.3 Å². The SMILES string of the molecule is CCc1nnc2sc(-c3ccc(Br)c(O)c3)nn12. The lowest BCUT2D eigenvalue weighted by Crippen LogP contribution is -1.93. The number of rotatable bonds is 2. The molecule has 18 heavy (non-hydrogen) atoms. The molecule has 7 heteroatoms. The zero-order valence-electron chi connectivity index (χ0n) is 9.46. The number of aromatic nitrogens is 4. The molecule has 1 N–H and O–H groups in total. The van der Waals surface area contributed by atoms with E-state index in [1.54, 1.807) is 16.6 Å². The van der Waals surface area contributed by atoms with E-state index < -0.39 is 0 Å². The van der Waals surface area contributed by atoms with Crippen LogP contribution in [0.4, 0.5) is 0 Å². The van der Waals surface area contributed by atoms with Gasteiger partial charge >= 0.3 is 0 Å². The van der Waals surface area contributed by atoms with Crippen molar-refractivity contribution in [2.24, 2.45) is 0 Å². The molecule has 3 rings (SSSR count). The van der Waals surface area contributed by atoms with Gasteiger partial charge in [0, 0.05) is 12.0 Å². The summed E-state index contributed by atoms with van der Waals surface area (Å²) in [6, 6.07) is 5.39. The Kier molecular flexibility index (Phi) is 2.79. The number of hydrogen-bond acceptors (Lipinski definition) is 5. The first-order valence-electron chi connectivity index (χ1n) is 5.39. The van der Waals surface area contributed by atoms with Crippen molar-refractivity contribution in [2.45, 2.75) is 13.3 Å². The summed E-state index contributed by atoms with van der Waals surface area (Å²) >= 11 is 4.71. The molecule has 0 unspecified atom stereocenters. The van der Waals surface area contributed by atoms with Crippen LogP contribution in [0.5, 0.6) is 5.75 Å². The van der Waals surface area contributed by atoms with Crippen molar-refractivity contribution in [3.8, 4) is 16.3 Å². The predicted molar refractivity (Wildman–Crippen MR) is 72.8 cm³/mol. The maximum absolute atomic E-state index is 9.68. The zero-order valence-corrected chi connectivity index (χ0v) is 11.9. The van der Waals surface area contributed by atoms with Gasteiger partial charge < -0.3 is 5.11 Å². The second-order valence-corrected chi connectivity index (χ2v) is 5.55. The largest absolute Gasteiger partial charge is 0.507 e. The fourth-order valence-electron chi connectivity index (χ4n) is 1.64. The summed E-state index contributed by atoms with van der Waals surface area (Å²) in [5.41, 5.74) is 0.869. The molecule has 0 atom stereocenters. The van der Waals surface area contributed by atoms with Gasteiger partial charge in [-0.25, -0.2) is 0 Å². The molecular formula is C11H9BrN4OS. The number of halogens is 1. The van der Waals surface area contributed by atoms with Crippen molar-refractivity contribution in [1.82, 2.24) is 19.8 Å². The van der Waals surface area contributed by atoms with Gasteiger partial charge in [0.15, 0.2) is 5.82 Å². The molecule has 0 aliphatic heterocycles. The molecule has 0 radical (unpaired) electrons. The molecule has 2 heterocycles. The smallest absolute Gasteiger partial charge is 0.234 e. The first kappa shape index (κ1) is 11.6. The lowest BCUT2D eigenvalue weighted by atomic mass is 10.2. The molecule has 0 fully saturated rings. The number of aromatic hydroxyl groups is 1. The number of nitrogens with zero attached hydrogens (tertiary/aromatic N) is 4. The number of fused-ring (bicyclic) bond motifs is 1. The van der Waals surface area contributed by atoms with Crippen LogP contribution in [0.3, 0.4) is 0 Å². The molecule has 3 aromatic rings. The van der Waals surface area contributed by atoms with Crippen molar-refractivity contribution < 1.29 is 5.11 Å². The average Bonchev–Trinajstić information content (AvgIpc) is 2.92. The second-order valence-electron chi connectivity index (χ2n) is 3.74. The first-order chi connectivity index (χ1) is 8.69. The third kappa shape index (κ3) is 1.79. The molecule has 5 nitrogen and oxygen atoms in total. The van der Waals surface area contributed by atoms with Crippen molar-refractivity contribution in [3.63, 3.8) is 0 Å². The summed E-state index contributed by atoms with van der Waals surface area (Å²) in [5.74, 6) is 1.04. The lowest BCUT2D eigenvalue weighted by Gasteiger charge is -1.99. The number of hydrogen-bond donors (Lipinski definition) is 1. The minimum absolute atomic E-state index is 0.203. The summed E-state index contributed by atoms with van der Waals surface area (Å²) in [4.78, 5) is 0.768. The van der Waals surface area contributed by atoms with Gasteiger partial charge in [0.2, 0.25) is 4.96 Å². The molecule has 2 aromatic heterocycles. The highest BCUT2D eigenvalue weighted by molar-refractivity contribution is 9.10. The Balaban J connectivity index is 2.13. The van der Waals surface area contributed by atoms with E-state index in [-0.39, 0.29) is 5.75 Å². The highest BCUT2D eigenvalue weighted by Gasteiger charge is 2.12. The molecule has 0 amide bonds. The lowest BCUT2D eigenvalue weighted by molar-refractivity contribution is 0.472. The van der Waals surface area contributed by atoms with Crippen LogP contribution in [0, 0.1) is 0 Å². The Morgan fingerprint density at radius 3 is 2.94 bits per heavy atom. The summed E-state index contributed by atoms with van der Waals surface area (Å²) in [6.07, 6.45) is 0.788. The molecule has 0 bridgehead atoms. The van der Waals surface area contributed by atoms with Crippen molar-refractivity contribution in [2.75, 3.05) is 0 Å². The van der Waals surface area contributed by atoms with Crippen LogP contribution in [0.1, 0.15) is 12.7 Å². The first-order valence-corrected chi connectivity index (χ1v) is 7.00. The van der Waals surface area contributed by atoms with Crippen LogP contribution < -0.4 is 0 Å². The molecule has 0 aliphatic carbocycles. The van der Waals surface area contributed by atoms with E-state index in [9.17, 15) is 5.11 Å². The molecule has 92 valence electrons. The number of phenolic OH excluding ortho intramolecular Hbond substituents is 1. The molecule has 0 saturated heterocycles. The quantitative estimate of drug-likeness (QED) is 0.787. The molecule has 0 aliphatic rings. The van der Waals surface area contributed by atoms with Gasteiger partial charge in [-0.1, -0.05) is 24.3 Å². The van der Waals surface area contributed by atoms with Gasteiger partial charge in [-0.2, -0.15) is 9.61 Å². The van der Waals surface area contributed by atoms with Gasteiger partial charge in [0.05, 0.1) is 4.47 Å². The van der Waals surface area contributed by atoms with Crippen LogP contribution in [0.2, 0.25) is 0 Å². The zero-order chi connectivity index (χ0) is 12.7. The van der Waals surface area contributed by atoms with E-state index in [2.05, 4.69) is 31.2 Å². The summed E-state index contributed by atoms with van der Waals surface area (Å²) in [5, 5.41) is 23.1. The standard InChI is InChI=1S/C11H9BrN4OS/c1-2-9-13-14-11-16(9)15-10(18-11)6-3-4-7(12)8(17)5-6/h3-5,17H,2H2,1H3. The van der Waals surface area contributed by atoms with Gasteiger partial charge in [-0.15, -0.1) is 10.2 Å². The van der Waals surface area contributed by atoms with Gasteiger partial charge in [0.1, 0.15) is 10.8 Å². The highest BCUT2D eigenvalue weighted by Crippen LogP contribution is 2.31. The van der Waals surface area contributed by atoms with E-state index in [1.165, 1.54) is 11.3 Å². The van der Waals surface area contributed by atoms with Gasteiger partial charge in [-0.3, -0.25) is 0 Å². The van der Waals surface area contributed by atoms with Crippen molar-refractivity contribution in [3.05, 3.63) is 28.5 Å². The third-order valence-corrected chi connectivity index (χ3v) is 4.18. The molecule has 0 saturated carbocycles.